The van der Waals surface area contributed by atoms with Gasteiger partial charge in [-0.05, 0) is 31.1 Å². The van der Waals surface area contributed by atoms with Gasteiger partial charge in [0.1, 0.15) is 6.10 Å². The summed E-state index contributed by atoms with van der Waals surface area (Å²) in [7, 11) is 0. The molecule has 7 nitrogen and oxygen atoms in total. The van der Waals surface area contributed by atoms with Crippen LogP contribution in [0.2, 0.25) is 0 Å². The number of hydrogen-bond acceptors (Lipinski definition) is 6. The van der Waals surface area contributed by atoms with Crippen LogP contribution in [0.5, 0.6) is 0 Å². The fourth-order valence-corrected chi connectivity index (χ4v) is 3.86. The quantitative estimate of drug-likeness (QED) is 0.590. The lowest BCUT2D eigenvalue weighted by molar-refractivity contribution is -0.134. The van der Waals surface area contributed by atoms with Gasteiger partial charge in [-0.1, -0.05) is 49.1 Å². The Hall–Kier alpha value is -2.61. The lowest BCUT2D eigenvalue weighted by Crippen LogP contribution is -2.60. The zero-order chi connectivity index (χ0) is 21.0. The number of carbonyl (C=O) groups excluding carboxylic acids is 1. The van der Waals surface area contributed by atoms with Crippen molar-refractivity contribution in [2.75, 3.05) is 26.2 Å². The summed E-state index contributed by atoms with van der Waals surface area (Å²) in [6.07, 6.45) is 3.68. The Morgan fingerprint density at radius 1 is 1.31 bits per heavy atom. The van der Waals surface area contributed by atoms with Crippen LogP contribution in [0.3, 0.4) is 0 Å². The maximum Gasteiger partial charge on any atom is 0.263 e. The topological polar surface area (TPSA) is 76.5 Å². The van der Waals surface area contributed by atoms with E-state index in [1.54, 1.807) is 12.2 Å². The number of aliphatic hydroxyl groups is 1. The number of benzene rings is 1. The first-order chi connectivity index (χ1) is 13.8. The van der Waals surface area contributed by atoms with E-state index in [1.807, 2.05) is 18.2 Å². The van der Waals surface area contributed by atoms with Crippen molar-refractivity contribution in [3.63, 3.8) is 0 Å². The van der Waals surface area contributed by atoms with E-state index in [-0.39, 0.29) is 17.8 Å². The van der Waals surface area contributed by atoms with E-state index >= 15 is 0 Å². The largest absolute Gasteiger partial charge is 0.382 e. The van der Waals surface area contributed by atoms with Gasteiger partial charge < -0.3 is 5.11 Å². The molecule has 1 aromatic rings. The predicted molar refractivity (Wildman–Crippen MR) is 112 cm³/mol. The Balaban J connectivity index is 1.64. The molecule has 1 heterocycles. The number of aliphatic hydroxyl groups excluding tert-OH is 1. The standard InChI is InChI=1S/C22H28N4O3/c1-17-8-7-11-19(21(17)28)26(23-29)20(27)15-25-13-12-24(16-22(25,2)3)14-18-9-5-4-6-10-18/h4-11,21,28H,1,12-16H2,2-3H3. The van der Waals surface area contributed by atoms with E-state index in [0.717, 1.165) is 24.6 Å². The smallest absolute Gasteiger partial charge is 0.263 e. The van der Waals surface area contributed by atoms with Crippen LogP contribution in [-0.4, -0.2) is 63.6 Å². The van der Waals surface area contributed by atoms with Crippen molar-refractivity contribution in [2.24, 2.45) is 5.29 Å². The first-order valence-corrected chi connectivity index (χ1v) is 9.74. The van der Waals surface area contributed by atoms with Crippen LogP contribution in [-0.2, 0) is 11.3 Å². The fourth-order valence-electron chi connectivity index (χ4n) is 3.86. The second kappa shape index (κ2) is 8.82. The summed E-state index contributed by atoms with van der Waals surface area (Å²) in [5.74, 6) is -0.460. The van der Waals surface area contributed by atoms with Crippen molar-refractivity contribution in [1.29, 1.82) is 0 Å². The van der Waals surface area contributed by atoms with E-state index in [2.05, 4.69) is 47.6 Å². The Labute approximate surface area is 171 Å². The zero-order valence-electron chi connectivity index (χ0n) is 17.0. The van der Waals surface area contributed by atoms with Gasteiger partial charge in [-0.2, -0.15) is 5.01 Å². The van der Waals surface area contributed by atoms with Crippen molar-refractivity contribution in [1.82, 2.24) is 14.8 Å². The number of hydrogen-bond donors (Lipinski definition) is 1. The maximum atomic E-state index is 12.8. The molecule has 0 radical (unpaired) electrons. The molecule has 1 N–H and O–H groups in total. The molecular formula is C22H28N4O3. The van der Waals surface area contributed by atoms with Crippen molar-refractivity contribution in [3.05, 3.63) is 76.9 Å². The van der Waals surface area contributed by atoms with Gasteiger partial charge in [0.25, 0.3) is 5.91 Å². The minimum absolute atomic E-state index is 0.0537. The summed E-state index contributed by atoms with van der Waals surface area (Å²) >= 11 is 0. The van der Waals surface area contributed by atoms with Crippen LogP contribution in [0.4, 0.5) is 0 Å². The molecule has 1 unspecified atom stereocenters. The molecule has 1 fully saturated rings. The van der Waals surface area contributed by atoms with Gasteiger partial charge in [-0.3, -0.25) is 14.6 Å². The van der Waals surface area contributed by atoms with Crippen molar-refractivity contribution < 1.29 is 9.90 Å². The molecule has 29 heavy (non-hydrogen) atoms. The van der Waals surface area contributed by atoms with Crippen LogP contribution >= 0.6 is 0 Å². The Morgan fingerprint density at radius 2 is 2.03 bits per heavy atom. The highest BCUT2D eigenvalue weighted by Crippen LogP contribution is 2.25. The highest BCUT2D eigenvalue weighted by molar-refractivity contribution is 5.80. The third-order valence-corrected chi connectivity index (χ3v) is 5.50. The van der Waals surface area contributed by atoms with Gasteiger partial charge in [-0.15, -0.1) is 4.91 Å². The minimum Gasteiger partial charge on any atom is -0.382 e. The second-order valence-corrected chi connectivity index (χ2v) is 8.15. The van der Waals surface area contributed by atoms with Crippen LogP contribution in [0.1, 0.15) is 19.4 Å². The van der Waals surface area contributed by atoms with Gasteiger partial charge in [0.05, 0.1) is 17.5 Å². The van der Waals surface area contributed by atoms with Gasteiger partial charge in [-0.25, -0.2) is 0 Å². The summed E-state index contributed by atoms with van der Waals surface area (Å²) in [4.78, 5) is 28.6. The number of amides is 1. The molecule has 1 atom stereocenters. The molecule has 1 aromatic carbocycles. The molecule has 3 rings (SSSR count). The van der Waals surface area contributed by atoms with Crippen LogP contribution in [0.15, 0.2) is 71.7 Å². The molecule has 0 bridgehead atoms. The van der Waals surface area contributed by atoms with Crippen LogP contribution in [0, 0.1) is 4.91 Å². The third kappa shape index (κ3) is 4.87. The van der Waals surface area contributed by atoms with Gasteiger partial charge in [0.15, 0.2) is 0 Å². The van der Waals surface area contributed by atoms with Gasteiger partial charge in [0, 0.05) is 31.7 Å². The Kier molecular flexibility index (Phi) is 6.42. The van der Waals surface area contributed by atoms with E-state index < -0.39 is 12.0 Å². The number of rotatable bonds is 6. The average Bonchev–Trinajstić information content (AvgIpc) is 2.68. The highest BCUT2D eigenvalue weighted by Gasteiger charge is 2.37. The summed E-state index contributed by atoms with van der Waals surface area (Å²) in [6.45, 7) is 11.2. The highest BCUT2D eigenvalue weighted by atomic mass is 16.3. The van der Waals surface area contributed by atoms with Crippen molar-refractivity contribution in [3.8, 4) is 0 Å². The molecule has 0 saturated carbocycles. The Bertz CT molecular complexity index is 832. The second-order valence-electron chi connectivity index (χ2n) is 8.15. The molecule has 0 spiro atoms. The SMILES string of the molecule is C=C1C=CC=C(N(N=O)C(=O)CN2CCN(Cc3ccccc3)CC2(C)C)C1O. The van der Waals surface area contributed by atoms with E-state index in [1.165, 1.54) is 11.6 Å². The number of piperazine rings is 1. The third-order valence-electron chi connectivity index (χ3n) is 5.50. The minimum atomic E-state index is -1.11. The van der Waals surface area contributed by atoms with Crippen LogP contribution < -0.4 is 0 Å². The van der Waals surface area contributed by atoms with Gasteiger partial charge >= 0.3 is 0 Å². The summed E-state index contributed by atoms with van der Waals surface area (Å²) in [5.41, 5.74) is 1.56. The summed E-state index contributed by atoms with van der Waals surface area (Å²) in [6, 6.07) is 10.3. The molecular weight excluding hydrogens is 368 g/mol. The lowest BCUT2D eigenvalue weighted by Gasteiger charge is -2.47. The normalized spacial score (nSPS) is 22.2. The summed E-state index contributed by atoms with van der Waals surface area (Å²) < 4.78 is 0. The number of allylic oxidation sites excluding steroid dienone is 2. The molecule has 2 aliphatic rings. The van der Waals surface area contributed by atoms with Crippen molar-refractivity contribution >= 4 is 5.91 Å². The number of nitrogens with zero attached hydrogens (tertiary/aromatic N) is 4. The molecule has 7 heteroatoms. The first-order valence-electron chi connectivity index (χ1n) is 9.74. The van der Waals surface area contributed by atoms with Gasteiger partial charge in [0.2, 0.25) is 0 Å². The monoisotopic (exact) mass is 396 g/mol. The van der Waals surface area contributed by atoms with Crippen molar-refractivity contribution in [2.45, 2.75) is 32.0 Å². The van der Waals surface area contributed by atoms with E-state index in [9.17, 15) is 14.8 Å². The van der Waals surface area contributed by atoms with E-state index in [0.29, 0.717) is 12.1 Å². The molecule has 1 saturated heterocycles. The number of nitroso groups, excluding NO2 is 1. The summed E-state index contributed by atoms with van der Waals surface area (Å²) in [5, 5.41) is 13.9. The number of carbonyl (C=O) groups is 1. The van der Waals surface area contributed by atoms with Crippen LogP contribution in [0.25, 0.3) is 0 Å². The maximum absolute atomic E-state index is 12.8. The molecule has 154 valence electrons. The molecule has 1 amide bonds. The molecule has 1 aliphatic carbocycles. The predicted octanol–water partition coefficient (Wildman–Crippen LogP) is 2.46. The Morgan fingerprint density at radius 3 is 2.69 bits per heavy atom. The first kappa shape index (κ1) is 21.1. The lowest BCUT2D eigenvalue weighted by atomic mass is 9.98. The zero-order valence-corrected chi connectivity index (χ0v) is 17.0. The fraction of sp³-hybridized carbons (Fsp3) is 0.409. The van der Waals surface area contributed by atoms with E-state index in [4.69, 9.17) is 0 Å². The molecule has 1 aliphatic heterocycles. The average molecular weight is 396 g/mol. The molecule has 0 aromatic heterocycles.